The zero-order valence-corrected chi connectivity index (χ0v) is 19.8. The van der Waals surface area contributed by atoms with Crippen LogP contribution in [0.2, 0.25) is 5.02 Å². The Morgan fingerprint density at radius 1 is 1.38 bits per heavy atom. The number of carbonyl (C=O) groups excluding carboxylic acids is 1. The number of rotatable bonds is 6. The Kier molecular flexibility index (Phi) is 7.61. The van der Waals surface area contributed by atoms with Crippen LogP contribution in [0.25, 0.3) is 0 Å². The third-order valence-electron chi connectivity index (χ3n) is 6.42. The van der Waals surface area contributed by atoms with Crippen LogP contribution in [0, 0.1) is 11.8 Å². The van der Waals surface area contributed by atoms with Crippen LogP contribution in [0.5, 0.6) is 0 Å². The number of hydrogen-bond donors (Lipinski definition) is 3. The fourth-order valence-corrected chi connectivity index (χ4v) is 4.90. The average Bonchev–Trinajstić information content (AvgIpc) is 2.79. The molecule has 1 aromatic heterocycles. The average molecular weight is 460 g/mol. The number of dihydropyridines is 1. The fraction of sp³-hybridized carbons (Fsp3) is 0.625. The molecule has 7 nitrogen and oxygen atoms in total. The number of pyridine rings is 1. The van der Waals surface area contributed by atoms with E-state index >= 15 is 0 Å². The molecule has 0 aliphatic carbocycles. The van der Waals surface area contributed by atoms with Gasteiger partial charge in [-0.1, -0.05) is 17.7 Å². The Labute approximate surface area is 195 Å². The normalized spacial score (nSPS) is 27.6. The van der Waals surface area contributed by atoms with E-state index < -0.39 is 0 Å². The number of piperidine rings is 1. The summed E-state index contributed by atoms with van der Waals surface area (Å²) in [6.45, 7) is 7.73. The molecule has 3 atom stereocenters. The standard InChI is InChI=1S/C24H34ClN5O2/c1-24(2)12-16(8-10-32-24)13-27-21-7-3-6-20(29-21)18-11-22(28-15-19(18)25)30-23(31)17-5-4-9-26-14-17/h3,6,11,15-17,21,26-27H,4-5,7-10,12-14H2,1-2H3,(H,28,30,31). The van der Waals surface area contributed by atoms with Crippen molar-refractivity contribution < 1.29 is 9.53 Å². The molecule has 4 rings (SSSR count). The van der Waals surface area contributed by atoms with Crippen molar-refractivity contribution in [3.63, 3.8) is 0 Å². The molecule has 3 N–H and O–H groups in total. The van der Waals surface area contributed by atoms with Gasteiger partial charge in [-0.25, -0.2) is 4.98 Å². The molecule has 1 amide bonds. The summed E-state index contributed by atoms with van der Waals surface area (Å²) in [7, 11) is 0. The highest BCUT2D eigenvalue weighted by Gasteiger charge is 2.29. The number of nitrogens with one attached hydrogen (secondary N) is 3. The Morgan fingerprint density at radius 3 is 3.03 bits per heavy atom. The van der Waals surface area contributed by atoms with Crippen molar-refractivity contribution in [3.8, 4) is 0 Å². The summed E-state index contributed by atoms with van der Waals surface area (Å²) in [5.74, 6) is 1.07. The maximum Gasteiger partial charge on any atom is 0.229 e. The van der Waals surface area contributed by atoms with Crippen molar-refractivity contribution in [3.05, 3.63) is 35.0 Å². The molecule has 0 spiro atoms. The third-order valence-corrected chi connectivity index (χ3v) is 6.72. The van der Waals surface area contributed by atoms with Gasteiger partial charge in [0, 0.05) is 37.9 Å². The van der Waals surface area contributed by atoms with Crippen LogP contribution in [-0.2, 0) is 9.53 Å². The molecule has 0 bridgehead atoms. The molecule has 2 saturated heterocycles. The summed E-state index contributed by atoms with van der Waals surface area (Å²) in [6, 6.07) is 1.82. The first-order valence-electron chi connectivity index (χ1n) is 11.7. The van der Waals surface area contributed by atoms with E-state index in [1.165, 1.54) is 0 Å². The predicted octanol–water partition coefficient (Wildman–Crippen LogP) is 3.54. The Balaban J connectivity index is 1.40. The number of hydrogen-bond acceptors (Lipinski definition) is 6. The van der Waals surface area contributed by atoms with Gasteiger partial charge < -0.3 is 15.4 Å². The van der Waals surface area contributed by atoms with Crippen LogP contribution >= 0.6 is 11.6 Å². The first kappa shape index (κ1) is 23.4. The molecule has 0 aromatic carbocycles. The summed E-state index contributed by atoms with van der Waals surface area (Å²) < 4.78 is 5.83. The summed E-state index contributed by atoms with van der Waals surface area (Å²) in [4.78, 5) is 21.8. The minimum atomic E-state index is -0.0510. The molecular formula is C24H34ClN5O2. The van der Waals surface area contributed by atoms with Gasteiger partial charge in [-0.15, -0.1) is 0 Å². The van der Waals surface area contributed by atoms with E-state index in [2.05, 4.69) is 40.9 Å². The molecule has 3 aliphatic rings. The second kappa shape index (κ2) is 10.4. The van der Waals surface area contributed by atoms with Crippen LogP contribution in [0.1, 0.15) is 51.5 Å². The molecule has 4 heterocycles. The largest absolute Gasteiger partial charge is 0.376 e. The van der Waals surface area contributed by atoms with E-state index in [1.54, 1.807) is 6.20 Å². The quantitative estimate of drug-likeness (QED) is 0.605. The van der Waals surface area contributed by atoms with Gasteiger partial charge in [0.1, 0.15) is 12.0 Å². The Bertz CT molecular complexity index is 879. The summed E-state index contributed by atoms with van der Waals surface area (Å²) in [5, 5.41) is 10.4. The van der Waals surface area contributed by atoms with Gasteiger partial charge in [0.25, 0.3) is 0 Å². The van der Waals surface area contributed by atoms with Crippen molar-refractivity contribution in [1.82, 2.24) is 15.6 Å². The van der Waals surface area contributed by atoms with Gasteiger partial charge in [-0.05, 0) is 64.1 Å². The lowest BCUT2D eigenvalue weighted by atomic mass is 9.88. The number of anilines is 1. The first-order valence-corrected chi connectivity index (χ1v) is 12.1. The minimum absolute atomic E-state index is 0.00183. The Hall–Kier alpha value is -1.80. The topological polar surface area (TPSA) is 87.6 Å². The van der Waals surface area contributed by atoms with Crippen LogP contribution in [0.15, 0.2) is 29.4 Å². The third kappa shape index (κ3) is 6.16. The van der Waals surface area contributed by atoms with E-state index in [0.717, 1.165) is 63.1 Å². The highest BCUT2D eigenvalue weighted by atomic mass is 35.5. The number of halogens is 1. The van der Waals surface area contributed by atoms with Gasteiger partial charge >= 0.3 is 0 Å². The molecule has 32 heavy (non-hydrogen) atoms. The number of aromatic nitrogens is 1. The lowest BCUT2D eigenvalue weighted by Crippen LogP contribution is -2.40. The smallest absolute Gasteiger partial charge is 0.229 e. The second-order valence-electron chi connectivity index (χ2n) is 9.63. The fourth-order valence-electron chi connectivity index (χ4n) is 4.70. The van der Waals surface area contributed by atoms with Crippen LogP contribution in [0.3, 0.4) is 0 Å². The molecule has 2 fully saturated rings. The lowest BCUT2D eigenvalue weighted by molar-refractivity contribution is -0.120. The van der Waals surface area contributed by atoms with Crippen LogP contribution in [0.4, 0.5) is 5.82 Å². The molecule has 0 saturated carbocycles. The van der Waals surface area contributed by atoms with Crippen molar-refractivity contribution >= 4 is 29.0 Å². The molecule has 174 valence electrons. The van der Waals surface area contributed by atoms with Gasteiger partial charge in [-0.2, -0.15) is 0 Å². The molecule has 3 unspecified atom stereocenters. The number of ether oxygens (including phenoxy) is 1. The number of allylic oxidation sites excluding steroid dienone is 1. The summed E-state index contributed by atoms with van der Waals surface area (Å²) in [5.41, 5.74) is 1.54. The number of aliphatic imine (C=N–C) groups is 1. The van der Waals surface area contributed by atoms with Crippen molar-refractivity contribution in [2.24, 2.45) is 16.8 Å². The van der Waals surface area contributed by atoms with Crippen molar-refractivity contribution in [2.45, 2.75) is 57.7 Å². The first-order chi connectivity index (χ1) is 15.4. The summed E-state index contributed by atoms with van der Waals surface area (Å²) >= 11 is 6.46. The molecule has 3 aliphatic heterocycles. The van der Waals surface area contributed by atoms with Gasteiger partial charge in [0.15, 0.2) is 0 Å². The highest BCUT2D eigenvalue weighted by Crippen LogP contribution is 2.28. The summed E-state index contributed by atoms with van der Waals surface area (Å²) in [6.07, 6.45) is 10.6. The lowest BCUT2D eigenvalue weighted by Gasteiger charge is -2.36. The van der Waals surface area contributed by atoms with E-state index in [9.17, 15) is 4.79 Å². The van der Waals surface area contributed by atoms with Gasteiger partial charge in [-0.3, -0.25) is 15.1 Å². The van der Waals surface area contributed by atoms with Crippen molar-refractivity contribution in [2.75, 3.05) is 31.6 Å². The zero-order chi connectivity index (χ0) is 22.6. The number of nitrogens with zero attached hydrogens (tertiary/aromatic N) is 2. The van der Waals surface area contributed by atoms with Crippen LogP contribution < -0.4 is 16.0 Å². The van der Waals surface area contributed by atoms with Gasteiger partial charge in [0.2, 0.25) is 5.91 Å². The SMILES string of the molecule is CC1(C)CC(CNC2CC=CC(c3cc(NC(=O)C4CCCNC4)ncc3Cl)=N2)CCO1. The minimum Gasteiger partial charge on any atom is -0.376 e. The molecular weight excluding hydrogens is 426 g/mol. The Morgan fingerprint density at radius 2 is 2.25 bits per heavy atom. The van der Waals surface area contributed by atoms with Crippen LogP contribution in [-0.4, -0.2) is 54.6 Å². The van der Waals surface area contributed by atoms with E-state index in [1.807, 2.05) is 12.1 Å². The van der Waals surface area contributed by atoms with E-state index in [-0.39, 0.29) is 23.6 Å². The van der Waals surface area contributed by atoms with Gasteiger partial charge in [0.05, 0.1) is 22.3 Å². The van der Waals surface area contributed by atoms with E-state index in [4.69, 9.17) is 21.3 Å². The van der Waals surface area contributed by atoms with E-state index in [0.29, 0.717) is 23.3 Å². The number of amides is 1. The predicted molar refractivity (Wildman–Crippen MR) is 128 cm³/mol. The molecule has 1 aromatic rings. The van der Waals surface area contributed by atoms with Crippen molar-refractivity contribution in [1.29, 1.82) is 0 Å². The monoisotopic (exact) mass is 459 g/mol. The zero-order valence-electron chi connectivity index (χ0n) is 19.0. The second-order valence-corrected chi connectivity index (χ2v) is 10.0. The molecule has 0 radical (unpaired) electrons. The maximum atomic E-state index is 12.6. The maximum absolute atomic E-state index is 12.6. The highest BCUT2D eigenvalue weighted by molar-refractivity contribution is 6.35. The number of carbonyl (C=O) groups is 1. The molecule has 8 heteroatoms.